The van der Waals surface area contributed by atoms with Crippen molar-refractivity contribution in [2.75, 3.05) is 70.4 Å². The van der Waals surface area contributed by atoms with E-state index in [0.717, 1.165) is 32.0 Å². The van der Waals surface area contributed by atoms with Gasteiger partial charge in [0.25, 0.3) is 0 Å². The Hall–Kier alpha value is -0.460. The van der Waals surface area contributed by atoms with Crippen molar-refractivity contribution in [3.05, 3.63) is 0 Å². The van der Waals surface area contributed by atoms with Crippen molar-refractivity contribution < 1.29 is 0 Å². The van der Waals surface area contributed by atoms with Gasteiger partial charge in [-0.15, -0.1) is 0 Å². The van der Waals surface area contributed by atoms with Crippen molar-refractivity contribution in [2.45, 2.75) is 19.8 Å². The molecule has 21 heavy (non-hydrogen) atoms. The van der Waals surface area contributed by atoms with Gasteiger partial charge in [-0.1, -0.05) is 6.92 Å². The van der Waals surface area contributed by atoms with Crippen LogP contribution < -0.4 is 5.73 Å². The van der Waals surface area contributed by atoms with Gasteiger partial charge < -0.3 is 20.4 Å². The number of guanidine groups is 1. The third-order valence-corrected chi connectivity index (χ3v) is 5.35. The molecule has 0 bridgehead atoms. The Bertz CT molecular complexity index is 309. The zero-order valence-corrected chi connectivity index (χ0v) is 14.3. The SMILES string of the molecule is CCN1CCN(CCCCN=C(N)N2CCSCC2)CC1. The summed E-state index contributed by atoms with van der Waals surface area (Å²) in [7, 11) is 0. The molecular weight excluding hydrogens is 282 g/mol. The van der Waals surface area contributed by atoms with E-state index < -0.39 is 0 Å². The minimum Gasteiger partial charge on any atom is -0.370 e. The average Bonchev–Trinajstić information content (AvgIpc) is 2.55. The minimum absolute atomic E-state index is 0.756. The first-order valence-electron chi connectivity index (χ1n) is 8.37. The molecule has 0 aromatic heterocycles. The molecular formula is C15H31N5S. The van der Waals surface area contributed by atoms with Gasteiger partial charge in [-0.25, -0.2) is 0 Å². The summed E-state index contributed by atoms with van der Waals surface area (Å²) in [5.41, 5.74) is 6.05. The molecule has 0 amide bonds. The van der Waals surface area contributed by atoms with Crippen LogP contribution in [0, 0.1) is 0 Å². The Morgan fingerprint density at radius 2 is 1.67 bits per heavy atom. The zero-order valence-electron chi connectivity index (χ0n) is 13.5. The molecule has 2 N–H and O–H groups in total. The average molecular weight is 314 g/mol. The van der Waals surface area contributed by atoms with E-state index in [0.29, 0.717) is 0 Å². The summed E-state index contributed by atoms with van der Waals surface area (Å²) in [5.74, 6) is 3.12. The fourth-order valence-corrected chi connectivity index (χ4v) is 3.77. The van der Waals surface area contributed by atoms with Gasteiger partial charge in [0.15, 0.2) is 5.96 Å². The van der Waals surface area contributed by atoms with Crippen LogP contribution in [0.5, 0.6) is 0 Å². The lowest BCUT2D eigenvalue weighted by atomic mass is 10.2. The Morgan fingerprint density at radius 3 is 2.33 bits per heavy atom. The van der Waals surface area contributed by atoms with E-state index in [2.05, 4.69) is 26.6 Å². The number of hydrogen-bond acceptors (Lipinski definition) is 4. The largest absolute Gasteiger partial charge is 0.370 e. The van der Waals surface area contributed by atoms with Crippen LogP contribution >= 0.6 is 11.8 Å². The minimum atomic E-state index is 0.756. The highest BCUT2D eigenvalue weighted by atomic mass is 32.2. The van der Waals surface area contributed by atoms with Crippen molar-refractivity contribution in [2.24, 2.45) is 10.7 Å². The van der Waals surface area contributed by atoms with Crippen molar-refractivity contribution in [3.63, 3.8) is 0 Å². The van der Waals surface area contributed by atoms with Crippen LogP contribution in [0.3, 0.4) is 0 Å². The molecule has 2 heterocycles. The quantitative estimate of drug-likeness (QED) is 0.446. The smallest absolute Gasteiger partial charge is 0.191 e. The van der Waals surface area contributed by atoms with E-state index in [1.807, 2.05) is 11.8 Å². The maximum absolute atomic E-state index is 6.05. The molecule has 6 heteroatoms. The molecule has 0 radical (unpaired) electrons. The van der Waals surface area contributed by atoms with Crippen molar-refractivity contribution in [1.29, 1.82) is 0 Å². The fourth-order valence-electron chi connectivity index (χ4n) is 2.86. The summed E-state index contributed by atoms with van der Waals surface area (Å²) in [4.78, 5) is 11.9. The topological polar surface area (TPSA) is 48.1 Å². The van der Waals surface area contributed by atoms with Crippen LogP contribution in [0.2, 0.25) is 0 Å². The van der Waals surface area contributed by atoms with E-state index in [9.17, 15) is 0 Å². The van der Waals surface area contributed by atoms with Crippen LogP contribution in [-0.2, 0) is 0 Å². The molecule has 0 saturated carbocycles. The fraction of sp³-hybridized carbons (Fsp3) is 0.933. The van der Waals surface area contributed by atoms with Crippen LogP contribution in [-0.4, -0.2) is 91.1 Å². The predicted molar refractivity (Wildman–Crippen MR) is 93.2 cm³/mol. The molecule has 0 aromatic rings. The lowest BCUT2D eigenvalue weighted by molar-refractivity contribution is 0.136. The van der Waals surface area contributed by atoms with Gasteiger partial charge in [-0.05, 0) is 25.9 Å². The van der Waals surface area contributed by atoms with Crippen molar-refractivity contribution in [3.8, 4) is 0 Å². The molecule has 2 fully saturated rings. The second kappa shape index (κ2) is 9.54. The summed E-state index contributed by atoms with van der Waals surface area (Å²) in [6.45, 7) is 12.6. The summed E-state index contributed by atoms with van der Waals surface area (Å²) in [6.07, 6.45) is 2.38. The highest BCUT2D eigenvalue weighted by Crippen LogP contribution is 2.08. The van der Waals surface area contributed by atoms with Gasteiger partial charge in [-0.3, -0.25) is 4.99 Å². The second-order valence-corrected chi connectivity index (χ2v) is 7.05. The van der Waals surface area contributed by atoms with E-state index in [4.69, 9.17) is 5.73 Å². The Labute approximate surface area is 133 Å². The molecule has 0 spiro atoms. The van der Waals surface area contributed by atoms with Gasteiger partial charge in [-0.2, -0.15) is 11.8 Å². The molecule has 122 valence electrons. The molecule has 2 aliphatic rings. The number of aliphatic imine (C=N–C) groups is 1. The maximum Gasteiger partial charge on any atom is 0.191 e. The van der Waals surface area contributed by atoms with E-state index in [1.54, 1.807) is 0 Å². The van der Waals surface area contributed by atoms with Crippen molar-refractivity contribution >= 4 is 17.7 Å². The van der Waals surface area contributed by atoms with Gasteiger partial charge in [0.2, 0.25) is 0 Å². The number of hydrogen-bond donors (Lipinski definition) is 1. The Morgan fingerprint density at radius 1 is 1.00 bits per heavy atom. The highest BCUT2D eigenvalue weighted by molar-refractivity contribution is 7.99. The number of piperazine rings is 1. The third-order valence-electron chi connectivity index (χ3n) is 4.40. The first kappa shape index (κ1) is 16.9. The van der Waals surface area contributed by atoms with Gasteiger partial charge in [0, 0.05) is 57.3 Å². The molecule has 0 aromatic carbocycles. The second-order valence-electron chi connectivity index (χ2n) is 5.82. The van der Waals surface area contributed by atoms with Crippen LogP contribution in [0.15, 0.2) is 4.99 Å². The summed E-state index contributed by atoms with van der Waals surface area (Å²) in [6, 6.07) is 0. The van der Waals surface area contributed by atoms with Gasteiger partial charge >= 0.3 is 0 Å². The van der Waals surface area contributed by atoms with E-state index in [-0.39, 0.29) is 0 Å². The standard InChI is InChI=1S/C15H31N5S/c1-2-18-7-9-19(10-8-18)6-4-3-5-17-15(16)20-11-13-21-14-12-20/h2-14H2,1H3,(H2,16,17). The number of thioether (sulfide) groups is 1. The zero-order chi connectivity index (χ0) is 14.9. The molecule has 0 unspecified atom stereocenters. The highest BCUT2D eigenvalue weighted by Gasteiger charge is 2.14. The number of likely N-dealkylation sites (N-methyl/N-ethyl adjacent to an activating group) is 1. The lowest BCUT2D eigenvalue weighted by Gasteiger charge is -2.33. The first-order valence-corrected chi connectivity index (χ1v) is 9.52. The number of unbranched alkanes of at least 4 members (excludes halogenated alkanes) is 1. The number of rotatable bonds is 6. The molecule has 5 nitrogen and oxygen atoms in total. The first-order chi connectivity index (χ1) is 10.3. The Kier molecular flexibility index (Phi) is 7.68. The van der Waals surface area contributed by atoms with Crippen LogP contribution in [0.1, 0.15) is 19.8 Å². The molecule has 0 aliphatic carbocycles. The van der Waals surface area contributed by atoms with Crippen LogP contribution in [0.25, 0.3) is 0 Å². The molecule has 2 rings (SSSR count). The van der Waals surface area contributed by atoms with Gasteiger partial charge in [0.05, 0.1) is 0 Å². The third kappa shape index (κ3) is 6.04. The van der Waals surface area contributed by atoms with Gasteiger partial charge in [0.1, 0.15) is 0 Å². The monoisotopic (exact) mass is 313 g/mol. The maximum atomic E-state index is 6.05. The van der Waals surface area contributed by atoms with Crippen molar-refractivity contribution in [1.82, 2.24) is 14.7 Å². The molecule has 0 atom stereocenters. The molecule has 2 aliphatic heterocycles. The number of nitrogens with zero attached hydrogens (tertiary/aromatic N) is 4. The summed E-state index contributed by atoms with van der Waals surface area (Å²) >= 11 is 2.00. The van der Waals surface area contributed by atoms with E-state index >= 15 is 0 Å². The lowest BCUT2D eigenvalue weighted by Crippen LogP contribution is -2.46. The predicted octanol–water partition coefficient (Wildman–Crippen LogP) is 0.768. The van der Waals surface area contributed by atoms with Crippen LogP contribution in [0.4, 0.5) is 0 Å². The normalized spacial score (nSPS) is 22.7. The summed E-state index contributed by atoms with van der Waals surface area (Å²) in [5, 5.41) is 0. The molecule has 2 saturated heterocycles. The Balaban J connectivity index is 1.53. The summed E-state index contributed by atoms with van der Waals surface area (Å²) < 4.78 is 0. The van der Waals surface area contributed by atoms with E-state index in [1.165, 1.54) is 57.2 Å². The number of nitrogens with two attached hydrogens (primary N) is 1.